The number of fused-ring (bicyclic) bond motifs is 1. The van der Waals surface area contributed by atoms with E-state index < -0.39 is 12.0 Å². The van der Waals surface area contributed by atoms with Gasteiger partial charge in [0.1, 0.15) is 23.7 Å². The van der Waals surface area contributed by atoms with Gasteiger partial charge >= 0.3 is 0 Å². The van der Waals surface area contributed by atoms with Crippen LogP contribution in [-0.2, 0) is 0 Å². The number of hydrogen-bond acceptors (Lipinski definition) is 5. The molecule has 0 aliphatic carbocycles. The van der Waals surface area contributed by atoms with E-state index in [4.69, 9.17) is 15.2 Å². The summed E-state index contributed by atoms with van der Waals surface area (Å²) in [6.07, 6.45) is 3.16. The Morgan fingerprint density at radius 3 is 2.48 bits per heavy atom. The fourth-order valence-electron chi connectivity index (χ4n) is 3.36. The third-order valence-electron chi connectivity index (χ3n) is 4.82. The second-order valence-corrected chi connectivity index (χ2v) is 6.98. The Balaban J connectivity index is 1.69. The summed E-state index contributed by atoms with van der Waals surface area (Å²) in [5.74, 6) is 0.692. The molecular weight excluding hydrogens is 368 g/mol. The maximum Gasteiger partial charge on any atom is 0.248 e. The van der Waals surface area contributed by atoms with Crippen molar-refractivity contribution in [3.05, 3.63) is 89.2 Å². The summed E-state index contributed by atoms with van der Waals surface area (Å²) in [5, 5.41) is 0. The number of primary amides is 1. The van der Waals surface area contributed by atoms with E-state index >= 15 is 0 Å². The van der Waals surface area contributed by atoms with Gasteiger partial charge in [-0.3, -0.25) is 14.6 Å². The first-order chi connectivity index (χ1) is 14.0. The highest BCUT2D eigenvalue weighted by atomic mass is 16.5. The van der Waals surface area contributed by atoms with E-state index in [1.54, 1.807) is 42.7 Å². The molecule has 1 aromatic heterocycles. The lowest BCUT2D eigenvalue weighted by molar-refractivity contribution is 0.0869. The number of amides is 1. The Labute approximate surface area is 168 Å². The van der Waals surface area contributed by atoms with Gasteiger partial charge in [0.15, 0.2) is 5.78 Å². The molecule has 29 heavy (non-hydrogen) atoms. The summed E-state index contributed by atoms with van der Waals surface area (Å²) in [5.41, 5.74) is 8.09. The topological polar surface area (TPSA) is 91.5 Å². The molecule has 2 N–H and O–H groups in total. The third-order valence-corrected chi connectivity index (χ3v) is 4.82. The number of ether oxygens (including phenoxy) is 2. The van der Waals surface area contributed by atoms with Crippen LogP contribution in [0.15, 0.2) is 67.0 Å². The van der Waals surface area contributed by atoms with Crippen molar-refractivity contribution < 1.29 is 19.1 Å². The van der Waals surface area contributed by atoms with Gasteiger partial charge in [0.2, 0.25) is 5.91 Å². The van der Waals surface area contributed by atoms with Crippen LogP contribution in [0.3, 0.4) is 0 Å². The number of carbonyl (C=O) groups excluding carboxylic acids is 2. The lowest BCUT2D eigenvalue weighted by Crippen LogP contribution is -2.23. The first-order valence-corrected chi connectivity index (χ1v) is 9.31. The number of carbonyl (C=O) groups is 2. The normalized spacial score (nSPS) is 16.4. The number of Topliss-reactive ketones (excluding diaryl/α,β-unsaturated/α-hetero) is 1. The van der Waals surface area contributed by atoms with Gasteiger partial charge in [0.25, 0.3) is 0 Å². The predicted molar refractivity (Wildman–Crippen MR) is 107 cm³/mol. The molecule has 1 amide bonds. The lowest BCUT2D eigenvalue weighted by atomic mass is 10.00. The smallest absolute Gasteiger partial charge is 0.248 e. The number of pyridine rings is 1. The van der Waals surface area contributed by atoms with Gasteiger partial charge in [-0.05, 0) is 54.4 Å². The third kappa shape index (κ3) is 3.96. The van der Waals surface area contributed by atoms with Gasteiger partial charge in [0, 0.05) is 30.4 Å². The predicted octanol–water partition coefficient (Wildman–Crippen LogP) is 3.70. The van der Waals surface area contributed by atoms with E-state index in [2.05, 4.69) is 4.98 Å². The SMILES string of the molecule is C[C@@H]1CC(=O)c2ccc(O[C@H](c3ccncc3)c3ccc(C(N)=O)cc3)cc2O1. The van der Waals surface area contributed by atoms with Crippen LogP contribution in [0.1, 0.15) is 51.3 Å². The van der Waals surface area contributed by atoms with Crippen LogP contribution in [0, 0.1) is 0 Å². The van der Waals surface area contributed by atoms with Crippen molar-refractivity contribution in [1.29, 1.82) is 0 Å². The molecule has 0 fully saturated rings. The Bertz CT molecular complexity index is 1050. The molecule has 0 saturated heterocycles. The highest BCUT2D eigenvalue weighted by Gasteiger charge is 2.25. The zero-order chi connectivity index (χ0) is 20.4. The zero-order valence-electron chi connectivity index (χ0n) is 15.9. The van der Waals surface area contributed by atoms with Gasteiger partial charge < -0.3 is 15.2 Å². The molecule has 146 valence electrons. The number of aromatic nitrogens is 1. The van der Waals surface area contributed by atoms with Crippen molar-refractivity contribution in [3.8, 4) is 11.5 Å². The van der Waals surface area contributed by atoms with Crippen molar-refractivity contribution >= 4 is 11.7 Å². The van der Waals surface area contributed by atoms with Crippen LogP contribution in [0.5, 0.6) is 11.5 Å². The average Bonchev–Trinajstić information content (AvgIpc) is 2.72. The average molecular weight is 388 g/mol. The maximum absolute atomic E-state index is 12.2. The first-order valence-electron chi connectivity index (χ1n) is 9.31. The Hall–Kier alpha value is -3.67. The van der Waals surface area contributed by atoms with Gasteiger partial charge in [-0.15, -0.1) is 0 Å². The fourth-order valence-corrected chi connectivity index (χ4v) is 3.36. The Kier molecular flexibility index (Phi) is 4.99. The van der Waals surface area contributed by atoms with Crippen molar-refractivity contribution in [1.82, 2.24) is 4.98 Å². The van der Waals surface area contributed by atoms with Gasteiger partial charge in [-0.1, -0.05) is 12.1 Å². The Morgan fingerprint density at radius 1 is 1.10 bits per heavy atom. The molecule has 4 rings (SSSR count). The number of nitrogens with two attached hydrogens (primary N) is 1. The summed E-state index contributed by atoms with van der Waals surface area (Å²) in [6.45, 7) is 1.87. The number of nitrogens with zero attached hydrogens (tertiary/aromatic N) is 1. The summed E-state index contributed by atoms with van der Waals surface area (Å²) >= 11 is 0. The minimum atomic E-state index is -0.483. The molecule has 2 aromatic carbocycles. The minimum Gasteiger partial charge on any atom is -0.489 e. The molecule has 1 aliphatic rings. The van der Waals surface area contributed by atoms with Gasteiger partial charge in [-0.2, -0.15) is 0 Å². The van der Waals surface area contributed by atoms with Gasteiger partial charge in [-0.25, -0.2) is 0 Å². The molecular formula is C23H20N2O4. The van der Waals surface area contributed by atoms with E-state index in [1.165, 1.54) is 0 Å². The fraction of sp³-hybridized carbons (Fsp3) is 0.174. The monoisotopic (exact) mass is 388 g/mol. The summed E-state index contributed by atoms with van der Waals surface area (Å²) in [6, 6.07) is 15.9. The molecule has 6 nitrogen and oxygen atoms in total. The first kappa shape index (κ1) is 18.7. The van der Waals surface area contributed by atoms with Crippen LogP contribution in [0.25, 0.3) is 0 Å². The molecule has 3 aromatic rings. The highest BCUT2D eigenvalue weighted by molar-refractivity contribution is 6.00. The quantitative estimate of drug-likeness (QED) is 0.719. The van der Waals surface area contributed by atoms with E-state index in [1.807, 2.05) is 31.2 Å². The second-order valence-electron chi connectivity index (χ2n) is 6.98. The number of ketones is 1. The Morgan fingerprint density at radius 2 is 1.79 bits per heavy atom. The minimum absolute atomic E-state index is 0.0676. The van der Waals surface area contributed by atoms with Crippen LogP contribution in [0.2, 0.25) is 0 Å². The summed E-state index contributed by atoms with van der Waals surface area (Å²) in [7, 11) is 0. The summed E-state index contributed by atoms with van der Waals surface area (Å²) in [4.78, 5) is 27.6. The van der Waals surface area contributed by atoms with Crippen LogP contribution in [0.4, 0.5) is 0 Å². The molecule has 6 heteroatoms. The van der Waals surface area contributed by atoms with E-state index in [9.17, 15) is 9.59 Å². The van der Waals surface area contributed by atoms with Crippen LogP contribution < -0.4 is 15.2 Å². The van der Waals surface area contributed by atoms with Gasteiger partial charge in [0.05, 0.1) is 5.56 Å². The maximum atomic E-state index is 12.2. The molecule has 0 bridgehead atoms. The largest absolute Gasteiger partial charge is 0.489 e. The van der Waals surface area contributed by atoms with Crippen LogP contribution in [-0.4, -0.2) is 22.8 Å². The standard InChI is InChI=1S/C23H20N2O4/c1-14-12-20(26)19-7-6-18(13-21(19)28-14)29-22(16-8-10-25-11-9-16)15-2-4-17(5-3-15)23(24)27/h2-11,13-14,22H,12H2,1H3,(H2,24,27)/t14-,22+/m1/s1. The highest BCUT2D eigenvalue weighted by Crippen LogP contribution is 2.34. The molecule has 0 spiro atoms. The van der Waals surface area contributed by atoms with Crippen molar-refractivity contribution in [2.75, 3.05) is 0 Å². The van der Waals surface area contributed by atoms with E-state index in [0.29, 0.717) is 29.0 Å². The molecule has 0 radical (unpaired) electrons. The van der Waals surface area contributed by atoms with Crippen molar-refractivity contribution in [2.45, 2.75) is 25.6 Å². The molecule has 1 aliphatic heterocycles. The lowest BCUT2D eigenvalue weighted by Gasteiger charge is -2.24. The summed E-state index contributed by atoms with van der Waals surface area (Å²) < 4.78 is 12.1. The zero-order valence-corrected chi connectivity index (χ0v) is 15.9. The molecule has 0 unspecified atom stereocenters. The number of hydrogen-bond donors (Lipinski definition) is 1. The van der Waals surface area contributed by atoms with Crippen molar-refractivity contribution in [2.24, 2.45) is 5.73 Å². The molecule has 0 saturated carbocycles. The number of rotatable bonds is 5. The second kappa shape index (κ2) is 7.75. The van der Waals surface area contributed by atoms with E-state index in [-0.39, 0.29) is 11.9 Å². The van der Waals surface area contributed by atoms with Crippen LogP contribution >= 0.6 is 0 Å². The van der Waals surface area contributed by atoms with E-state index in [0.717, 1.165) is 11.1 Å². The van der Waals surface area contributed by atoms with Crippen molar-refractivity contribution in [3.63, 3.8) is 0 Å². The molecule has 2 atom stereocenters. The molecule has 2 heterocycles. The number of benzene rings is 2.